The lowest BCUT2D eigenvalue weighted by molar-refractivity contribution is 0.396. The van der Waals surface area contributed by atoms with Crippen LogP contribution in [0.25, 0.3) is 11.4 Å². The van der Waals surface area contributed by atoms with E-state index in [1.54, 1.807) is 67.8 Å². The van der Waals surface area contributed by atoms with Crippen LogP contribution >= 0.6 is 33.3 Å². The number of benzene rings is 4. The maximum absolute atomic E-state index is 14.9. The molecule has 0 aliphatic heterocycles. The molecule has 1 aromatic heterocycles. The highest BCUT2D eigenvalue weighted by Crippen LogP contribution is 2.39. The van der Waals surface area contributed by atoms with E-state index < -0.39 is 28.9 Å². The Bertz CT molecular complexity index is 2030. The Hall–Kier alpha value is -3.77. The van der Waals surface area contributed by atoms with E-state index in [0.29, 0.717) is 31.9 Å². The van der Waals surface area contributed by atoms with Gasteiger partial charge in [-0.05, 0) is 98.2 Å². The molecule has 12 nitrogen and oxygen atoms in total. The Morgan fingerprint density at radius 2 is 1.19 bits per heavy atom. The molecular weight excluding hydrogens is 781 g/mol. The van der Waals surface area contributed by atoms with Crippen molar-refractivity contribution in [3.8, 4) is 28.6 Å². The molecule has 5 aromatic rings. The van der Waals surface area contributed by atoms with Crippen LogP contribution in [-0.2, 0) is 38.7 Å². The van der Waals surface area contributed by atoms with E-state index in [1.807, 2.05) is 34.7 Å². The van der Waals surface area contributed by atoms with Crippen LogP contribution in [-0.4, -0.2) is 62.7 Å². The summed E-state index contributed by atoms with van der Waals surface area (Å²) in [7, 11) is 1.33. The van der Waals surface area contributed by atoms with Crippen molar-refractivity contribution in [2.24, 2.45) is 0 Å². The topological polar surface area (TPSA) is 143 Å². The van der Waals surface area contributed by atoms with Crippen LogP contribution < -0.4 is 14.2 Å². The fourth-order valence-electron chi connectivity index (χ4n) is 4.81. The monoisotopic (exact) mass is 809 g/mol. The third-order valence-corrected chi connectivity index (χ3v) is 11.5. The Morgan fingerprint density at radius 1 is 0.723 bits per heavy atom. The molecule has 0 bridgehead atoms. The van der Waals surface area contributed by atoms with Crippen molar-refractivity contribution < 1.29 is 31.0 Å². The first-order chi connectivity index (χ1) is 22.4. The molecule has 0 saturated carbocycles. The summed E-state index contributed by atoms with van der Waals surface area (Å²) >= 11 is 1.94. The number of tetrazole rings is 1. The van der Waals surface area contributed by atoms with Crippen molar-refractivity contribution in [2.45, 2.75) is 29.4 Å². The van der Waals surface area contributed by atoms with Gasteiger partial charge in [0, 0.05) is 27.3 Å². The second-order valence-corrected chi connectivity index (χ2v) is 15.7. The second kappa shape index (κ2) is 14.6. The number of ether oxygens (including phenoxy) is 3. The van der Waals surface area contributed by atoms with Crippen molar-refractivity contribution in [3.63, 3.8) is 0 Å². The molecular formula is C31H29ClIN5O7S2. The van der Waals surface area contributed by atoms with Crippen molar-refractivity contribution in [2.75, 3.05) is 21.3 Å². The molecule has 0 radical (unpaired) electrons. The third kappa shape index (κ3) is 7.86. The highest BCUT2D eigenvalue weighted by molar-refractivity contribution is 14.1. The zero-order valence-electron chi connectivity index (χ0n) is 25.4. The van der Waals surface area contributed by atoms with Crippen LogP contribution in [0.15, 0.2) is 94.7 Å². The standard InChI is InChI=1S/C31H29ClIN5O7S2/c1-43-24-10-4-21(5-11-24)18-37(19-22-6-12-25(44-2)13-7-22)47(41,42)30-28(46(32,39)40)17-16-27(33)29(30)31-34-35-36-38(31)20-23-8-14-26(45-3)15-9-23/h4-17H,18-20H2,1-3H3. The molecule has 0 saturated heterocycles. The Labute approximate surface area is 290 Å². The van der Waals surface area contributed by atoms with Gasteiger partial charge in [0.2, 0.25) is 10.0 Å². The summed E-state index contributed by atoms with van der Waals surface area (Å²) < 4.78 is 74.7. The average Bonchev–Trinajstić information content (AvgIpc) is 3.52. The van der Waals surface area contributed by atoms with E-state index in [1.165, 1.54) is 35.3 Å². The van der Waals surface area contributed by atoms with Crippen molar-refractivity contribution >= 4 is 52.3 Å². The van der Waals surface area contributed by atoms with E-state index in [4.69, 9.17) is 24.9 Å². The first-order valence-electron chi connectivity index (χ1n) is 13.9. The van der Waals surface area contributed by atoms with Crippen LogP contribution in [0.4, 0.5) is 0 Å². The fraction of sp³-hybridized carbons (Fsp3) is 0.194. The van der Waals surface area contributed by atoms with Gasteiger partial charge in [0.05, 0.1) is 33.4 Å². The van der Waals surface area contributed by atoms with Crippen LogP contribution in [0.2, 0.25) is 0 Å². The van der Waals surface area contributed by atoms with Crippen LogP contribution in [0, 0.1) is 3.57 Å². The molecule has 246 valence electrons. The van der Waals surface area contributed by atoms with Crippen molar-refractivity contribution in [3.05, 3.63) is 105 Å². The molecule has 0 N–H and O–H groups in total. The van der Waals surface area contributed by atoms with Gasteiger partial charge in [0.15, 0.2) is 5.82 Å². The minimum Gasteiger partial charge on any atom is -0.497 e. The van der Waals surface area contributed by atoms with E-state index in [0.717, 1.165) is 5.56 Å². The Kier molecular flexibility index (Phi) is 10.7. The zero-order valence-corrected chi connectivity index (χ0v) is 29.9. The molecule has 16 heteroatoms. The first kappa shape index (κ1) is 34.6. The largest absolute Gasteiger partial charge is 0.497 e. The molecule has 47 heavy (non-hydrogen) atoms. The molecule has 4 aromatic carbocycles. The molecule has 0 unspecified atom stereocenters. The van der Waals surface area contributed by atoms with Gasteiger partial charge < -0.3 is 14.2 Å². The summed E-state index contributed by atoms with van der Waals surface area (Å²) in [5.74, 6) is 1.89. The summed E-state index contributed by atoms with van der Waals surface area (Å²) in [6, 6.07) is 23.6. The summed E-state index contributed by atoms with van der Waals surface area (Å²) in [4.78, 5) is -1.13. The number of sulfonamides is 1. The first-order valence-corrected chi connectivity index (χ1v) is 18.7. The molecule has 5 rings (SSSR count). The van der Waals surface area contributed by atoms with Gasteiger partial charge in [-0.25, -0.2) is 21.5 Å². The lowest BCUT2D eigenvalue weighted by Gasteiger charge is -2.25. The summed E-state index contributed by atoms with van der Waals surface area (Å²) in [5.41, 5.74) is 2.06. The predicted octanol–water partition coefficient (Wildman–Crippen LogP) is 5.34. The number of hydrogen-bond acceptors (Lipinski definition) is 10. The molecule has 0 amide bonds. The number of nitrogens with zero attached hydrogens (tertiary/aromatic N) is 5. The maximum Gasteiger partial charge on any atom is 0.262 e. The number of methoxy groups -OCH3 is 3. The highest BCUT2D eigenvalue weighted by Gasteiger charge is 2.37. The van der Waals surface area contributed by atoms with Crippen LogP contribution in [0.5, 0.6) is 17.2 Å². The Morgan fingerprint density at radius 3 is 1.64 bits per heavy atom. The van der Waals surface area contributed by atoms with E-state index in [-0.39, 0.29) is 31.0 Å². The maximum atomic E-state index is 14.9. The van der Waals surface area contributed by atoms with Crippen molar-refractivity contribution in [1.29, 1.82) is 0 Å². The number of rotatable bonds is 13. The lowest BCUT2D eigenvalue weighted by atomic mass is 10.2. The van der Waals surface area contributed by atoms with Gasteiger partial charge in [0.25, 0.3) is 9.05 Å². The van der Waals surface area contributed by atoms with Gasteiger partial charge in [-0.1, -0.05) is 36.4 Å². The van der Waals surface area contributed by atoms with Crippen molar-refractivity contribution in [1.82, 2.24) is 24.5 Å². The summed E-state index contributed by atoms with van der Waals surface area (Å²) in [5, 5.41) is 12.1. The van der Waals surface area contributed by atoms with E-state index in [9.17, 15) is 16.8 Å². The smallest absolute Gasteiger partial charge is 0.262 e. The lowest BCUT2D eigenvalue weighted by Crippen LogP contribution is -2.32. The van der Waals surface area contributed by atoms with Gasteiger partial charge in [-0.3, -0.25) is 0 Å². The zero-order chi connectivity index (χ0) is 33.8. The highest BCUT2D eigenvalue weighted by atomic mass is 127. The number of hydrogen-bond donors (Lipinski definition) is 0. The van der Waals surface area contributed by atoms with E-state index >= 15 is 0 Å². The SMILES string of the molecule is COc1ccc(CN(Cc2ccc(OC)cc2)S(=O)(=O)c2c(S(=O)(=O)Cl)ccc(I)c2-c2nnnn2Cc2ccc(OC)cc2)cc1. The number of halogens is 2. The fourth-order valence-corrected chi connectivity index (χ4v) is 9.09. The Balaban J connectivity index is 1.68. The molecule has 0 spiro atoms. The molecule has 0 aliphatic rings. The molecule has 0 atom stereocenters. The average molecular weight is 810 g/mol. The number of aromatic nitrogens is 4. The predicted molar refractivity (Wildman–Crippen MR) is 184 cm³/mol. The van der Waals surface area contributed by atoms with Gasteiger partial charge >= 0.3 is 0 Å². The minimum absolute atomic E-state index is 0.000276. The van der Waals surface area contributed by atoms with Gasteiger partial charge in [-0.15, -0.1) is 5.10 Å². The minimum atomic E-state index is -4.64. The van der Waals surface area contributed by atoms with Gasteiger partial charge in [-0.2, -0.15) is 4.31 Å². The van der Waals surface area contributed by atoms with Crippen LogP contribution in [0.1, 0.15) is 16.7 Å². The molecule has 0 aliphatic carbocycles. The second-order valence-electron chi connectivity index (χ2n) is 10.2. The van der Waals surface area contributed by atoms with E-state index in [2.05, 4.69) is 15.5 Å². The summed E-state index contributed by atoms with van der Waals surface area (Å²) in [6.07, 6.45) is 0. The summed E-state index contributed by atoms with van der Waals surface area (Å²) in [6.45, 7) is -0.0647. The molecule has 0 fully saturated rings. The van der Waals surface area contributed by atoms with Crippen LogP contribution in [0.3, 0.4) is 0 Å². The normalized spacial score (nSPS) is 11.9. The third-order valence-electron chi connectivity index (χ3n) is 7.21. The molecule has 1 heterocycles. The quantitative estimate of drug-likeness (QED) is 0.113. The van der Waals surface area contributed by atoms with Gasteiger partial charge in [0.1, 0.15) is 27.0 Å².